The van der Waals surface area contributed by atoms with Gasteiger partial charge in [-0.3, -0.25) is 4.99 Å². The Morgan fingerprint density at radius 1 is 1.64 bits per heavy atom. The molecule has 0 aromatic heterocycles. The molecule has 1 fully saturated rings. The summed E-state index contributed by atoms with van der Waals surface area (Å²) >= 11 is 0. The van der Waals surface area contributed by atoms with Crippen molar-refractivity contribution in [3.63, 3.8) is 0 Å². The van der Waals surface area contributed by atoms with Crippen LogP contribution in [0.3, 0.4) is 0 Å². The summed E-state index contributed by atoms with van der Waals surface area (Å²) in [4.78, 5) is 4.34. The number of nitrogens with one attached hydrogen (secondary N) is 1. The average Bonchev–Trinajstić information content (AvgIpc) is 2.21. The van der Waals surface area contributed by atoms with Gasteiger partial charge in [-0.05, 0) is 18.8 Å². The summed E-state index contributed by atoms with van der Waals surface area (Å²) in [6, 6.07) is 2.20. The van der Waals surface area contributed by atoms with Crippen molar-refractivity contribution in [3.8, 4) is 6.07 Å². The van der Waals surface area contributed by atoms with Gasteiger partial charge < -0.3 is 5.41 Å². The lowest BCUT2D eigenvalue weighted by Gasteiger charge is -2.46. The maximum Gasteiger partial charge on any atom is 0.114 e. The molecular formula is C11H17N3. The minimum Gasteiger partial charge on any atom is -0.313 e. The zero-order valence-electron chi connectivity index (χ0n) is 8.99. The fourth-order valence-corrected chi connectivity index (χ4v) is 2.38. The Bertz CT molecular complexity index is 287. The third kappa shape index (κ3) is 1.70. The van der Waals surface area contributed by atoms with Crippen molar-refractivity contribution in [3.05, 3.63) is 0 Å². The lowest BCUT2D eigenvalue weighted by atomic mass is 9.61. The van der Waals surface area contributed by atoms with E-state index in [0.29, 0.717) is 17.5 Å². The second-order valence-electron chi connectivity index (χ2n) is 3.99. The van der Waals surface area contributed by atoms with Gasteiger partial charge in [0.15, 0.2) is 0 Å². The summed E-state index contributed by atoms with van der Waals surface area (Å²) < 4.78 is 0. The number of aliphatic imine (C=N–C) groups is 1. The lowest BCUT2D eigenvalue weighted by molar-refractivity contribution is 0.102. The predicted octanol–water partition coefficient (Wildman–Crippen LogP) is 2.28. The molecule has 0 bridgehead atoms. The van der Waals surface area contributed by atoms with Crippen LogP contribution in [-0.4, -0.2) is 18.0 Å². The van der Waals surface area contributed by atoms with E-state index in [1.54, 1.807) is 6.92 Å². The number of nitrogens with zero attached hydrogens (tertiary/aromatic N) is 2. The highest BCUT2D eigenvalue weighted by Crippen LogP contribution is 2.43. The van der Waals surface area contributed by atoms with E-state index in [1.165, 1.54) is 6.21 Å². The molecule has 1 N–H and O–H groups in total. The first-order valence-electron chi connectivity index (χ1n) is 5.10. The summed E-state index contributed by atoms with van der Waals surface area (Å²) in [7, 11) is 0. The van der Waals surface area contributed by atoms with Crippen molar-refractivity contribution >= 4 is 11.9 Å². The molecule has 3 heteroatoms. The van der Waals surface area contributed by atoms with Crippen LogP contribution >= 0.6 is 0 Å². The molecule has 0 radical (unpaired) electrons. The quantitative estimate of drug-likeness (QED) is 0.683. The topological polar surface area (TPSA) is 60.0 Å². The molecule has 0 heterocycles. The maximum absolute atomic E-state index is 8.63. The van der Waals surface area contributed by atoms with Crippen LogP contribution in [0.4, 0.5) is 0 Å². The Morgan fingerprint density at radius 3 is 2.71 bits per heavy atom. The van der Waals surface area contributed by atoms with Crippen LogP contribution in [0, 0.1) is 34.5 Å². The predicted molar refractivity (Wildman–Crippen MR) is 57.7 cm³/mol. The molecule has 0 aliphatic heterocycles. The summed E-state index contributed by atoms with van der Waals surface area (Å²) in [5.41, 5.74) is 0.531. The molecular weight excluding hydrogens is 174 g/mol. The summed E-state index contributed by atoms with van der Waals surface area (Å²) in [5, 5.41) is 16.0. The van der Waals surface area contributed by atoms with Gasteiger partial charge in [0.2, 0.25) is 0 Å². The van der Waals surface area contributed by atoms with Gasteiger partial charge in [0.05, 0.1) is 6.04 Å². The zero-order chi connectivity index (χ0) is 10.7. The fourth-order valence-electron chi connectivity index (χ4n) is 2.38. The lowest BCUT2D eigenvalue weighted by Crippen LogP contribution is -2.49. The van der Waals surface area contributed by atoms with Crippen molar-refractivity contribution in [1.29, 1.82) is 10.7 Å². The highest BCUT2D eigenvalue weighted by molar-refractivity contribution is 5.96. The average molecular weight is 191 g/mol. The van der Waals surface area contributed by atoms with Crippen LogP contribution in [0.2, 0.25) is 0 Å². The molecule has 0 spiro atoms. The van der Waals surface area contributed by atoms with Gasteiger partial charge in [-0.2, -0.15) is 5.26 Å². The van der Waals surface area contributed by atoms with Gasteiger partial charge in [0.25, 0.3) is 0 Å². The highest BCUT2D eigenvalue weighted by atomic mass is 14.9. The molecule has 0 aromatic carbocycles. The smallest absolute Gasteiger partial charge is 0.114 e. The van der Waals surface area contributed by atoms with Crippen LogP contribution < -0.4 is 0 Å². The maximum atomic E-state index is 8.63. The van der Waals surface area contributed by atoms with Crippen molar-refractivity contribution in [2.75, 3.05) is 0 Å². The minimum absolute atomic E-state index is 0.164. The summed E-state index contributed by atoms with van der Waals surface area (Å²) in [5.74, 6) is 1.33. The third-order valence-electron chi connectivity index (χ3n) is 3.27. The van der Waals surface area contributed by atoms with E-state index in [0.717, 1.165) is 6.42 Å². The van der Waals surface area contributed by atoms with Crippen LogP contribution in [0.25, 0.3) is 0 Å². The molecule has 1 saturated carbocycles. The standard InChI is InChI=1S/C11H17N3/c1-4-9-8(3)11(10(9)6-13)14-7(2)5-12/h6,8-11,13H,4H2,1-3H3/t8?,9?,10?,11-/m0/s1. The molecule has 0 aromatic rings. The molecule has 3 unspecified atom stereocenters. The molecule has 1 rings (SSSR count). The molecule has 3 nitrogen and oxygen atoms in total. The van der Waals surface area contributed by atoms with E-state index in [1.807, 2.05) is 6.07 Å². The van der Waals surface area contributed by atoms with E-state index >= 15 is 0 Å². The Balaban J connectivity index is 2.73. The van der Waals surface area contributed by atoms with Crippen molar-refractivity contribution in [2.45, 2.75) is 33.2 Å². The Hall–Kier alpha value is -1.17. The van der Waals surface area contributed by atoms with E-state index in [-0.39, 0.29) is 12.0 Å². The number of rotatable bonds is 3. The zero-order valence-corrected chi connectivity index (χ0v) is 8.99. The first kappa shape index (κ1) is 10.9. The van der Waals surface area contributed by atoms with Gasteiger partial charge >= 0.3 is 0 Å². The van der Waals surface area contributed by atoms with Crippen molar-refractivity contribution < 1.29 is 0 Å². The SMILES string of the molecule is CCC1C(C)[C@H](N=C(C)C#N)C1C=N. The molecule has 4 atom stereocenters. The van der Waals surface area contributed by atoms with Crippen LogP contribution in [0.15, 0.2) is 4.99 Å². The Labute approximate surface area is 85.4 Å². The third-order valence-corrected chi connectivity index (χ3v) is 3.27. The Morgan fingerprint density at radius 2 is 2.29 bits per heavy atom. The second kappa shape index (κ2) is 4.36. The minimum atomic E-state index is 0.164. The van der Waals surface area contributed by atoms with Crippen molar-refractivity contribution in [2.24, 2.45) is 22.7 Å². The van der Waals surface area contributed by atoms with Gasteiger partial charge in [-0.1, -0.05) is 20.3 Å². The van der Waals surface area contributed by atoms with Gasteiger partial charge in [0.1, 0.15) is 11.8 Å². The number of hydrogen-bond donors (Lipinski definition) is 1. The van der Waals surface area contributed by atoms with Crippen molar-refractivity contribution in [1.82, 2.24) is 0 Å². The van der Waals surface area contributed by atoms with E-state index < -0.39 is 0 Å². The van der Waals surface area contributed by atoms with Gasteiger partial charge in [-0.25, -0.2) is 0 Å². The number of hydrogen-bond acceptors (Lipinski definition) is 3. The fraction of sp³-hybridized carbons (Fsp3) is 0.727. The monoisotopic (exact) mass is 191 g/mol. The summed E-state index contributed by atoms with van der Waals surface area (Å²) in [6.45, 7) is 6.04. The van der Waals surface area contributed by atoms with Gasteiger partial charge in [-0.15, -0.1) is 0 Å². The van der Waals surface area contributed by atoms with E-state index in [4.69, 9.17) is 10.7 Å². The summed E-state index contributed by atoms with van der Waals surface area (Å²) in [6.07, 6.45) is 2.59. The largest absolute Gasteiger partial charge is 0.313 e. The highest BCUT2D eigenvalue weighted by Gasteiger charge is 2.45. The molecule has 1 aliphatic carbocycles. The van der Waals surface area contributed by atoms with E-state index in [2.05, 4.69) is 18.8 Å². The van der Waals surface area contributed by atoms with Crippen LogP contribution in [0.1, 0.15) is 27.2 Å². The second-order valence-corrected chi connectivity index (χ2v) is 3.99. The first-order chi connectivity index (χ1) is 6.65. The molecule has 0 amide bonds. The molecule has 14 heavy (non-hydrogen) atoms. The normalized spacial score (nSPS) is 37.1. The van der Waals surface area contributed by atoms with E-state index in [9.17, 15) is 0 Å². The molecule has 0 saturated heterocycles. The van der Waals surface area contributed by atoms with Gasteiger partial charge in [0, 0.05) is 12.1 Å². The van der Waals surface area contributed by atoms with Crippen LogP contribution in [0.5, 0.6) is 0 Å². The Kier molecular flexibility index (Phi) is 3.40. The molecule has 76 valence electrons. The van der Waals surface area contributed by atoms with Crippen LogP contribution in [-0.2, 0) is 0 Å². The molecule has 1 aliphatic rings. The first-order valence-corrected chi connectivity index (χ1v) is 5.10. The number of nitriles is 1.